The third-order valence-electron chi connectivity index (χ3n) is 1.24. The van der Waals surface area contributed by atoms with E-state index in [0.717, 1.165) is 0 Å². The van der Waals surface area contributed by atoms with E-state index >= 15 is 0 Å². The topological polar surface area (TPSA) is 86.7 Å². The summed E-state index contributed by atoms with van der Waals surface area (Å²) in [4.78, 5) is 40.6. The molecular weight excluding hydrogens is 264 g/mol. The Bertz CT molecular complexity index is 246. The number of ether oxygens (including phenoxy) is 2. The van der Waals surface area contributed by atoms with Crippen LogP contribution in [0.1, 0.15) is 26.7 Å². The Hall–Kier alpha value is -1.01. The third-order valence-corrected chi connectivity index (χ3v) is 1.24. The number of carbonyl (C=O) groups is 4. The summed E-state index contributed by atoms with van der Waals surface area (Å²) >= 11 is 0. The smallest absolute Gasteiger partial charge is 0.313 e. The van der Waals surface area contributed by atoms with Crippen molar-refractivity contribution in [2.75, 3.05) is 14.2 Å². The maximum atomic E-state index is 10.2. The number of hydrogen-bond donors (Lipinski definition) is 0. The number of ketones is 2. The van der Waals surface area contributed by atoms with E-state index in [0.29, 0.717) is 0 Å². The predicted molar refractivity (Wildman–Crippen MR) is 54.6 cm³/mol. The van der Waals surface area contributed by atoms with Crippen molar-refractivity contribution in [1.29, 1.82) is 0 Å². The van der Waals surface area contributed by atoms with Gasteiger partial charge in [0.2, 0.25) is 0 Å². The van der Waals surface area contributed by atoms with Gasteiger partial charge in [-0.2, -0.15) is 0 Å². The molecule has 0 aliphatic carbocycles. The Balaban J connectivity index is -0.000000218. The van der Waals surface area contributed by atoms with Gasteiger partial charge in [0.15, 0.2) is 0 Å². The molecule has 17 heavy (non-hydrogen) atoms. The molecule has 0 heterocycles. The van der Waals surface area contributed by atoms with Crippen LogP contribution in [0.2, 0.25) is 0 Å². The zero-order valence-electron chi connectivity index (χ0n) is 10.4. The van der Waals surface area contributed by atoms with Gasteiger partial charge in [0.05, 0.1) is 14.2 Å². The van der Waals surface area contributed by atoms with Gasteiger partial charge in [0.1, 0.15) is 24.4 Å². The standard InChI is InChI=1S/2C5H8O3.Ti/c2*1-4(6)3-5(7)8-2;/h2*3H2,1-2H3;. The van der Waals surface area contributed by atoms with Gasteiger partial charge >= 0.3 is 11.9 Å². The number of rotatable bonds is 4. The van der Waals surface area contributed by atoms with E-state index in [1.54, 1.807) is 0 Å². The second-order valence-electron chi connectivity index (χ2n) is 2.91. The number of esters is 2. The molecule has 0 aliphatic rings. The van der Waals surface area contributed by atoms with Gasteiger partial charge in [0, 0.05) is 21.7 Å². The molecule has 0 saturated carbocycles. The van der Waals surface area contributed by atoms with Crippen LogP contribution >= 0.6 is 0 Å². The van der Waals surface area contributed by atoms with Crippen LogP contribution in [0.25, 0.3) is 0 Å². The van der Waals surface area contributed by atoms with Crippen LogP contribution in [0.5, 0.6) is 0 Å². The monoisotopic (exact) mass is 280 g/mol. The molecular formula is C10H16O6Ti. The van der Waals surface area contributed by atoms with Crippen molar-refractivity contribution in [3.05, 3.63) is 0 Å². The van der Waals surface area contributed by atoms with Gasteiger partial charge < -0.3 is 9.47 Å². The van der Waals surface area contributed by atoms with E-state index in [-0.39, 0.29) is 46.1 Å². The molecule has 0 aromatic rings. The summed E-state index contributed by atoms with van der Waals surface area (Å²) in [6, 6.07) is 0. The van der Waals surface area contributed by atoms with Crippen molar-refractivity contribution >= 4 is 23.5 Å². The summed E-state index contributed by atoms with van der Waals surface area (Å²) in [5, 5.41) is 0. The molecule has 0 atom stereocenters. The zero-order valence-corrected chi connectivity index (χ0v) is 11.9. The summed E-state index contributed by atoms with van der Waals surface area (Å²) in [7, 11) is 2.51. The van der Waals surface area contributed by atoms with Crippen LogP contribution in [0.15, 0.2) is 0 Å². The minimum absolute atomic E-state index is 0. The van der Waals surface area contributed by atoms with Crippen molar-refractivity contribution in [2.24, 2.45) is 0 Å². The SMILES string of the molecule is COC(=O)CC(C)=O.COC(=O)CC(C)=O.[Ti]. The summed E-state index contributed by atoms with van der Waals surface area (Å²) in [5.74, 6) is -1.29. The average Bonchev–Trinajstić information content (AvgIpc) is 2.16. The van der Waals surface area contributed by atoms with E-state index in [1.807, 2.05) is 0 Å². The van der Waals surface area contributed by atoms with E-state index in [4.69, 9.17) is 0 Å². The minimum Gasteiger partial charge on any atom is -0.469 e. The molecule has 0 spiro atoms. The van der Waals surface area contributed by atoms with E-state index in [1.165, 1.54) is 28.1 Å². The van der Waals surface area contributed by atoms with Gasteiger partial charge in [-0.1, -0.05) is 0 Å². The maximum absolute atomic E-state index is 10.2. The fraction of sp³-hybridized carbons (Fsp3) is 0.600. The Kier molecular flexibility index (Phi) is 16.4. The van der Waals surface area contributed by atoms with Crippen LogP contribution in [-0.4, -0.2) is 37.7 Å². The Morgan fingerprint density at radius 2 is 1.00 bits per heavy atom. The molecule has 0 radical (unpaired) electrons. The Morgan fingerprint density at radius 1 is 0.765 bits per heavy atom. The minimum atomic E-state index is -0.475. The summed E-state index contributed by atoms with van der Waals surface area (Å²) in [5.41, 5.74) is 0. The number of methoxy groups -OCH3 is 2. The largest absolute Gasteiger partial charge is 0.469 e. The molecule has 0 rings (SSSR count). The molecule has 7 heteroatoms. The van der Waals surface area contributed by atoms with E-state index < -0.39 is 11.9 Å². The molecule has 0 bridgehead atoms. The average molecular weight is 280 g/mol. The molecule has 6 nitrogen and oxygen atoms in total. The van der Waals surface area contributed by atoms with E-state index in [2.05, 4.69) is 9.47 Å². The first-order valence-electron chi connectivity index (χ1n) is 4.46. The fourth-order valence-corrected chi connectivity index (χ4v) is 0.551. The van der Waals surface area contributed by atoms with E-state index in [9.17, 15) is 19.2 Å². The first-order chi connectivity index (χ1) is 7.33. The van der Waals surface area contributed by atoms with Crippen LogP contribution in [0.4, 0.5) is 0 Å². The van der Waals surface area contributed by atoms with Gasteiger partial charge in [-0.25, -0.2) is 0 Å². The quantitative estimate of drug-likeness (QED) is 0.417. The number of Topliss-reactive ketones (excluding diaryl/α,β-unsaturated/α-hetero) is 2. The number of carbonyl (C=O) groups excluding carboxylic acids is 4. The van der Waals surface area contributed by atoms with Crippen molar-refractivity contribution < 1.29 is 50.4 Å². The van der Waals surface area contributed by atoms with Gasteiger partial charge in [-0.15, -0.1) is 0 Å². The van der Waals surface area contributed by atoms with Crippen molar-refractivity contribution in [3.63, 3.8) is 0 Å². The Labute approximate surface area is 115 Å². The maximum Gasteiger partial charge on any atom is 0.313 e. The molecule has 0 amide bonds. The predicted octanol–water partition coefficient (Wildman–Crippen LogP) is 0.274. The van der Waals surface area contributed by atoms with Gasteiger partial charge in [0.25, 0.3) is 0 Å². The van der Waals surface area contributed by atoms with Crippen molar-refractivity contribution in [3.8, 4) is 0 Å². The molecule has 0 aliphatic heterocycles. The zero-order chi connectivity index (χ0) is 13.1. The normalized spacial score (nSPS) is 7.76. The van der Waals surface area contributed by atoms with Crippen LogP contribution in [-0.2, 0) is 50.4 Å². The van der Waals surface area contributed by atoms with Crippen LogP contribution in [0, 0.1) is 0 Å². The fourth-order valence-electron chi connectivity index (χ4n) is 0.551. The summed E-state index contributed by atoms with van der Waals surface area (Å²) in [6.07, 6.45) is -0.229. The second kappa shape index (κ2) is 13.1. The molecule has 0 aromatic carbocycles. The molecule has 0 aromatic heterocycles. The summed E-state index contributed by atoms with van der Waals surface area (Å²) in [6.45, 7) is 2.69. The third kappa shape index (κ3) is 20.9. The van der Waals surface area contributed by atoms with Gasteiger partial charge in [-0.3, -0.25) is 19.2 Å². The molecule has 0 saturated heterocycles. The Morgan fingerprint density at radius 3 is 1.06 bits per heavy atom. The van der Waals surface area contributed by atoms with Gasteiger partial charge in [-0.05, 0) is 13.8 Å². The first-order valence-corrected chi connectivity index (χ1v) is 4.46. The first kappa shape index (κ1) is 21.3. The number of hydrogen-bond acceptors (Lipinski definition) is 6. The van der Waals surface area contributed by atoms with Crippen molar-refractivity contribution in [2.45, 2.75) is 26.7 Å². The van der Waals surface area contributed by atoms with Crippen LogP contribution in [0.3, 0.4) is 0 Å². The van der Waals surface area contributed by atoms with Crippen molar-refractivity contribution in [1.82, 2.24) is 0 Å². The second-order valence-corrected chi connectivity index (χ2v) is 2.91. The molecule has 0 unspecified atom stereocenters. The summed E-state index contributed by atoms with van der Waals surface area (Å²) < 4.78 is 8.40. The van der Waals surface area contributed by atoms with Crippen LogP contribution < -0.4 is 0 Å². The molecule has 96 valence electrons. The molecule has 0 fully saturated rings. The molecule has 0 N–H and O–H groups in total.